The second kappa shape index (κ2) is 5.30. The molecule has 0 spiro atoms. The topological polar surface area (TPSA) is 57.0 Å². The van der Waals surface area contributed by atoms with E-state index >= 15 is 0 Å². The van der Waals surface area contributed by atoms with Crippen LogP contribution in [0.3, 0.4) is 0 Å². The van der Waals surface area contributed by atoms with E-state index in [-0.39, 0.29) is 12.4 Å². The van der Waals surface area contributed by atoms with Gasteiger partial charge in [0.2, 0.25) is 0 Å². The van der Waals surface area contributed by atoms with Crippen molar-refractivity contribution in [2.75, 3.05) is 6.61 Å². The molecule has 96 valence electrons. The van der Waals surface area contributed by atoms with Crippen LogP contribution in [-0.4, -0.2) is 27.3 Å². The molecule has 18 heavy (non-hydrogen) atoms. The SMILES string of the molecule is CCOC(=O)Cc1nc(-c2cn(C)nc2C)cs1. The van der Waals surface area contributed by atoms with Crippen LogP contribution >= 0.6 is 11.3 Å². The Morgan fingerprint density at radius 3 is 2.94 bits per heavy atom. The van der Waals surface area contributed by atoms with E-state index in [1.165, 1.54) is 11.3 Å². The molecular formula is C12H15N3O2S. The van der Waals surface area contributed by atoms with E-state index in [4.69, 9.17) is 4.74 Å². The molecule has 0 fully saturated rings. The minimum Gasteiger partial charge on any atom is -0.466 e. The monoisotopic (exact) mass is 265 g/mol. The first-order valence-electron chi connectivity index (χ1n) is 5.70. The molecule has 2 aromatic rings. The highest BCUT2D eigenvalue weighted by atomic mass is 32.1. The minimum atomic E-state index is -0.235. The smallest absolute Gasteiger partial charge is 0.312 e. The van der Waals surface area contributed by atoms with E-state index in [2.05, 4.69) is 10.1 Å². The van der Waals surface area contributed by atoms with Gasteiger partial charge in [-0.25, -0.2) is 4.98 Å². The summed E-state index contributed by atoms with van der Waals surface area (Å²) < 4.78 is 6.66. The summed E-state index contributed by atoms with van der Waals surface area (Å²) in [6.07, 6.45) is 2.16. The molecule has 0 aliphatic rings. The van der Waals surface area contributed by atoms with E-state index in [1.54, 1.807) is 11.6 Å². The van der Waals surface area contributed by atoms with Crippen molar-refractivity contribution >= 4 is 17.3 Å². The molecule has 0 saturated heterocycles. The predicted molar refractivity (Wildman–Crippen MR) is 69.4 cm³/mol. The Balaban J connectivity index is 2.15. The van der Waals surface area contributed by atoms with Crippen LogP contribution < -0.4 is 0 Å². The zero-order valence-corrected chi connectivity index (χ0v) is 11.5. The summed E-state index contributed by atoms with van der Waals surface area (Å²) in [5, 5.41) is 6.99. The van der Waals surface area contributed by atoms with Gasteiger partial charge in [0.15, 0.2) is 0 Å². The van der Waals surface area contributed by atoms with E-state index in [1.807, 2.05) is 25.5 Å². The molecule has 0 N–H and O–H groups in total. The number of nitrogens with zero attached hydrogens (tertiary/aromatic N) is 3. The highest BCUT2D eigenvalue weighted by Crippen LogP contribution is 2.24. The molecule has 0 aromatic carbocycles. The van der Waals surface area contributed by atoms with Gasteiger partial charge in [0.05, 0.1) is 24.4 Å². The lowest BCUT2D eigenvalue weighted by molar-refractivity contribution is -0.142. The average Bonchev–Trinajstić information content (AvgIpc) is 2.85. The summed E-state index contributed by atoms with van der Waals surface area (Å²) in [4.78, 5) is 15.8. The van der Waals surface area contributed by atoms with Gasteiger partial charge >= 0.3 is 5.97 Å². The van der Waals surface area contributed by atoms with Crippen molar-refractivity contribution in [3.8, 4) is 11.3 Å². The second-order valence-corrected chi connectivity index (χ2v) is 4.85. The van der Waals surface area contributed by atoms with Crippen molar-refractivity contribution in [2.45, 2.75) is 20.3 Å². The van der Waals surface area contributed by atoms with Gasteiger partial charge in [-0.2, -0.15) is 5.10 Å². The molecule has 2 heterocycles. The highest BCUT2D eigenvalue weighted by Gasteiger charge is 2.12. The summed E-state index contributed by atoms with van der Waals surface area (Å²) in [6.45, 7) is 4.14. The fourth-order valence-corrected chi connectivity index (χ4v) is 2.48. The average molecular weight is 265 g/mol. The summed E-state index contributed by atoms with van der Waals surface area (Å²) >= 11 is 1.47. The Kier molecular flexibility index (Phi) is 3.76. The van der Waals surface area contributed by atoms with Gasteiger partial charge in [-0.1, -0.05) is 0 Å². The number of aromatic nitrogens is 3. The van der Waals surface area contributed by atoms with E-state index in [0.29, 0.717) is 6.61 Å². The Bertz CT molecular complexity index is 559. The number of ether oxygens (including phenoxy) is 1. The zero-order chi connectivity index (χ0) is 13.1. The third-order valence-electron chi connectivity index (χ3n) is 2.44. The van der Waals surface area contributed by atoms with Crippen LogP contribution in [-0.2, 0) is 23.0 Å². The number of esters is 1. The predicted octanol–water partition coefficient (Wildman–Crippen LogP) is 1.96. The molecule has 0 bridgehead atoms. The van der Waals surface area contributed by atoms with E-state index in [0.717, 1.165) is 22.0 Å². The standard InChI is InChI=1S/C12H15N3O2S/c1-4-17-12(16)5-11-13-10(7-18-11)9-6-15(3)14-8(9)2/h6-7H,4-5H2,1-3H3. The Morgan fingerprint density at radius 2 is 2.33 bits per heavy atom. The van der Waals surface area contributed by atoms with Crippen molar-refractivity contribution in [3.05, 3.63) is 22.3 Å². The summed E-state index contributed by atoms with van der Waals surface area (Å²) in [5.74, 6) is -0.235. The lowest BCUT2D eigenvalue weighted by atomic mass is 10.2. The number of hydrogen-bond acceptors (Lipinski definition) is 5. The van der Waals surface area contributed by atoms with E-state index < -0.39 is 0 Å². The number of rotatable bonds is 4. The minimum absolute atomic E-state index is 0.234. The molecule has 5 nitrogen and oxygen atoms in total. The van der Waals surface area contributed by atoms with Crippen LogP contribution in [0.1, 0.15) is 17.6 Å². The van der Waals surface area contributed by atoms with Gasteiger partial charge in [0, 0.05) is 24.2 Å². The zero-order valence-electron chi connectivity index (χ0n) is 10.6. The number of aryl methyl sites for hydroxylation is 2. The first kappa shape index (κ1) is 12.8. The molecule has 2 rings (SSSR count). The number of thiazole rings is 1. The maximum atomic E-state index is 11.4. The largest absolute Gasteiger partial charge is 0.466 e. The van der Waals surface area contributed by atoms with Gasteiger partial charge < -0.3 is 4.74 Å². The lowest BCUT2D eigenvalue weighted by Crippen LogP contribution is -2.07. The van der Waals surface area contributed by atoms with Crippen molar-refractivity contribution in [1.82, 2.24) is 14.8 Å². The van der Waals surface area contributed by atoms with Crippen molar-refractivity contribution in [3.63, 3.8) is 0 Å². The molecule has 0 saturated carbocycles. The molecule has 0 unspecified atom stereocenters. The Morgan fingerprint density at radius 1 is 1.56 bits per heavy atom. The normalized spacial score (nSPS) is 10.6. The van der Waals surface area contributed by atoms with Crippen LogP contribution in [0, 0.1) is 6.92 Å². The van der Waals surface area contributed by atoms with Gasteiger partial charge in [-0.15, -0.1) is 11.3 Å². The van der Waals surface area contributed by atoms with Gasteiger partial charge in [0.25, 0.3) is 0 Å². The van der Waals surface area contributed by atoms with Crippen LogP contribution in [0.4, 0.5) is 0 Å². The maximum absolute atomic E-state index is 11.4. The van der Waals surface area contributed by atoms with Crippen LogP contribution in [0.25, 0.3) is 11.3 Å². The molecular weight excluding hydrogens is 250 g/mol. The Hall–Kier alpha value is -1.69. The van der Waals surface area contributed by atoms with Crippen LogP contribution in [0.2, 0.25) is 0 Å². The third kappa shape index (κ3) is 2.76. The third-order valence-corrected chi connectivity index (χ3v) is 3.29. The van der Waals surface area contributed by atoms with Gasteiger partial charge in [-0.3, -0.25) is 9.48 Å². The first-order valence-corrected chi connectivity index (χ1v) is 6.58. The van der Waals surface area contributed by atoms with Crippen molar-refractivity contribution in [2.24, 2.45) is 7.05 Å². The maximum Gasteiger partial charge on any atom is 0.312 e. The molecule has 0 amide bonds. The highest BCUT2D eigenvalue weighted by molar-refractivity contribution is 7.10. The fraction of sp³-hybridized carbons (Fsp3) is 0.417. The van der Waals surface area contributed by atoms with E-state index in [9.17, 15) is 4.79 Å². The number of carbonyl (C=O) groups is 1. The summed E-state index contributed by atoms with van der Waals surface area (Å²) in [5.41, 5.74) is 2.80. The van der Waals surface area contributed by atoms with Crippen LogP contribution in [0.5, 0.6) is 0 Å². The second-order valence-electron chi connectivity index (χ2n) is 3.91. The number of hydrogen-bond donors (Lipinski definition) is 0. The van der Waals surface area contributed by atoms with Gasteiger partial charge in [-0.05, 0) is 13.8 Å². The molecule has 0 radical (unpaired) electrons. The molecule has 6 heteroatoms. The molecule has 0 aliphatic carbocycles. The quantitative estimate of drug-likeness (QED) is 0.793. The Labute approximate surface area is 109 Å². The molecule has 2 aromatic heterocycles. The summed E-state index contributed by atoms with van der Waals surface area (Å²) in [6, 6.07) is 0. The fourth-order valence-electron chi connectivity index (χ4n) is 1.70. The van der Waals surface area contributed by atoms with Crippen molar-refractivity contribution in [1.29, 1.82) is 0 Å². The first-order chi connectivity index (χ1) is 8.60. The number of carbonyl (C=O) groups excluding carboxylic acids is 1. The lowest BCUT2D eigenvalue weighted by Gasteiger charge is -1.97. The van der Waals surface area contributed by atoms with Crippen molar-refractivity contribution < 1.29 is 9.53 Å². The van der Waals surface area contributed by atoms with Crippen LogP contribution in [0.15, 0.2) is 11.6 Å². The molecule has 0 atom stereocenters. The van der Waals surface area contributed by atoms with Gasteiger partial charge in [0.1, 0.15) is 5.01 Å². The summed E-state index contributed by atoms with van der Waals surface area (Å²) in [7, 11) is 1.88. The molecule has 0 aliphatic heterocycles.